The number of anilines is 1. The van der Waals surface area contributed by atoms with E-state index in [9.17, 15) is 5.11 Å². The number of hydrogen-bond donors (Lipinski definition) is 4. The Morgan fingerprint density at radius 3 is 3.06 bits per heavy atom. The minimum atomic E-state index is -0.437. The molecule has 0 spiro atoms. The zero-order valence-corrected chi connectivity index (χ0v) is 10.3. The minimum absolute atomic E-state index is 0.437. The fraction of sp³-hybridized carbons (Fsp3) is 0.545. The van der Waals surface area contributed by atoms with Gasteiger partial charge in [-0.3, -0.25) is 5.32 Å². The number of fused-ring (bicyclic) bond motifs is 1. The number of H-pyrrole nitrogens is 1. The Kier molecular flexibility index (Phi) is 4.43. The lowest BCUT2D eigenvalue weighted by Gasteiger charge is -2.12. The quantitative estimate of drug-likeness (QED) is 0.421. The highest BCUT2D eigenvalue weighted by molar-refractivity contribution is 5.81. The second kappa shape index (κ2) is 6.27. The van der Waals surface area contributed by atoms with Gasteiger partial charge in [-0.05, 0) is 6.42 Å². The van der Waals surface area contributed by atoms with Crippen LogP contribution in [0.2, 0.25) is 0 Å². The van der Waals surface area contributed by atoms with Crippen LogP contribution >= 0.6 is 0 Å². The second-order valence-corrected chi connectivity index (χ2v) is 4.01. The van der Waals surface area contributed by atoms with E-state index in [1.165, 1.54) is 6.33 Å². The van der Waals surface area contributed by atoms with Gasteiger partial charge in [0.2, 0.25) is 0 Å². The van der Waals surface area contributed by atoms with Gasteiger partial charge in [-0.2, -0.15) is 0 Å². The van der Waals surface area contributed by atoms with Crippen LogP contribution in [0, 0.1) is 0 Å². The lowest BCUT2D eigenvalue weighted by Crippen LogP contribution is -2.32. The van der Waals surface area contributed by atoms with E-state index in [1.807, 2.05) is 6.92 Å². The highest BCUT2D eigenvalue weighted by Gasteiger charge is 2.05. The van der Waals surface area contributed by atoms with E-state index in [4.69, 9.17) is 0 Å². The van der Waals surface area contributed by atoms with Gasteiger partial charge in [0.05, 0.1) is 6.33 Å². The molecule has 0 saturated carbocycles. The maximum atomic E-state index is 9.50. The molecule has 2 rings (SSSR count). The summed E-state index contributed by atoms with van der Waals surface area (Å²) in [5, 5.41) is 15.7. The molecule has 1 atom stereocenters. The van der Waals surface area contributed by atoms with Crippen molar-refractivity contribution >= 4 is 17.0 Å². The van der Waals surface area contributed by atoms with Crippen molar-refractivity contribution in [1.29, 1.82) is 0 Å². The largest absolute Gasteiger partial charge is 0.379 e. The molecular formula is C11H18N6O. The van der Waals surface area contributed by atoms with Crippen molar-refractivity contribution in [1.82, 2.24) is 25.3 Å². The first-order chi connectivity index (χ1) is 8.81. The lowest BCUT2D eigenvalue weighted by molar-refractivity contribution is 0.129. The molecule has 7 nitrogen and oxygen atoms in total. The SMILES string of the molecule is CCCC(O)NCCNc1ncnc2[nH]cnc12. The van der Waals surface area contributed by atoms with Crippen LogP contribution in [0.1, 0.15) is 19.8 Å². The van der Waals surface area contributed by atoms with Crippen LogP contribution in [0.3, 0.4) is 0 Å². The number of imidazole rings is 1. The van der Waals surface area contributed by atoms with Crippen molar-refractivity contribution < 1.29 is 5.11 Å². The summed E-state index contributed by atoms with van der Waals surface area (Å²) in [6.45, 7) is 3.37. The molecule has 0 radical (unpaired) electrons. The number of aromatic amines is 1. The van der Waals surface area contributed by atoms with Gasteiger partial charge in [0.1, 0.15) is 18.1 Å². The van der Waals surface area contributed by atoms with E-state index in [0.29, 0.717) is 24.6 Å². The maximum Gasteiger partial charge on any atom is 0.162 e. The Labute approximate surface area is 105 Å². The lowest BCUT2D eigenvalue weighted by atomic mass is 10.3. The van der Waals surface area contributed by atoms with Gasteiger partial charge in [-0.25, -0.2) is 15.0 Å². The molecule has 0 aromatic carbocycles. The standard InChI is InChI=1S/C11H18N6O/c1-2-3-8(18)12-4-5-13-10-9-11(15-6-14-9)17-7-16-10/h6-8,12,18H,2-5H2,1H3,(H2,13,14,15,16,17). The predicted molar refractivity (Wildman–Crippen MR) is 69.1 cm³/mol. The van der Waals surface area contributed by atoms with E-state index in [1.54, 1.807) is 6.33 Å². The van der Waals surface area contributed by atoms with Crippen LogP contribution in [0.5, 0.6) is 0 Å². The van der Waals surface area contributed by atoms with Gasteiger partial charge in [0.15, 0.2) is 11.5 Å². The van der Waals surface area contributed by atoms with Crippen molar-refractivity contribution in [3.05, 3.63) is 12.7 Å². The first-order valence-electron chi connectivity index (χ1n) is 6.10. The van der Waals surface area contributed by atoms with Gasteiger partial charge in [-0.15, -0.1) is 0 Å². The van der Waals surface area contributed by atoms with Crippen molar-refractivity contribution in [2.45, 2.75) is 26.0 Å². The van der Waals surface area contributed by atoms with Crippen LogP contribution in [0.25, 0.3) is 11.2 Å². The molecule has 18 heavy (non-hydrogen) atoms. The van der Waals surface area contributed by atoms with Gasteiger partial charge in [0.25, 0.3) is 0 Å². The highest BCUT2D eigenvalue weighted by Crippen LogP contribution is 2.13. The first kappa shape index (κ1) is 12.7. The second-order valence-electron chi connectivity index (χ2n) is 4.01. The van der Waals surface area contributed by atoms with E-state index >= 15 is 0 Å². The summed E-state index contributed by atoms with van der Waals surface area (Å²) in [6.07, 6.45) is 4.36. The fourth-order valence-corrected chi connectivity index (χ4v) is 1.69. The smallest absolute Gasteiger partial charge is 0.162 e. The average Bonchev–Trinajstić information content (AvgIpc) is 2.84. The molecule has 0 fully saturated rings. The predicted octanol–water partition coefficient (Wildman–Crippen LogP) is 0.473. The molecule has 98 valence electrons. The number of hydrogen-bond acceptors (Lipinski definition) is 6. The third-order valence-electron chi connectivity index (χ3n) is 2.58. The van der Waals surface area contributed by atoms with Crippen molar-refractivity contribution in [2.24, 2.45) is 0 Å². The van der Waals surface area contributed by atoms with E-state index in [0.717, 1.165) is 18.4 Å². The zero-order chi connectivity index (χ0) is 12.8. The number of nitrogens with one attached hydrogen (secondary N) is 3. The summed E-state index contributed by atoms with van der Waals surface area (Å²) in [6, 6.07) is 0. The van der Waals surface area contributed by atoms with Crippen molar-refractivity contribution in [3.63, 3.8) is 0 Å². The Morgan fingerprint density at radius 1 is 1.33 bits per heavy atom. The van der Waals surface area contributed by atoms with Crippen molar-refractivity contribution in [3.8, 4) is 0 Å². The van der Waals surface area contributed by atoms with Gasteiger partial charge < -0.3 is 15.4 Å². The summed E-state index contributed by atoms with van der Waals surface area (Å²) in [7, 11) is 0. The highest BCUT2D eigenvalue weighted by atomic mass is 16.3. The van der Waals surface area contributed by atoms with Crippen LogP contribution in [0.4, 0.5) is 5.82 Å². The number of nitrogens with zero attached hydrogens (tertiary/aromatic N) is 3. The van der Waals surface area contributed by atoms with E-state index in [2.05, 4.69) is 30.6 Å². The van der Waals surface area contributed by atoms with Gasteiger partial charge in [-0.1, -0.05) is 13.3 Å². The summed E-state index contributed by atoms with van der Waals surface area (Å²) < 4.78 is 0. The molecule has 1 unspecified atom stereocenters. The molecule has 2 aromatic rings. The molecule has 0 aliphatic rings. The Balaban J connectivity index is 1.81. The number of aliphatic hydroxyl groups is 1. The molecule has 0 aliphatic heterocycles. The molecule has 0 aliphatic carbocycles. The van der Waals surface area contributed by atoms with Crippen LogP contribution in [-0.4, -0.2) is 44.4 Å². The van der Waals surface area contributed by atoms with Crippen LogP contribution in [-0.2, 0) is 0 Å². The topological polar surface area (TPSA) is 98.7 Å². The van der Waals surface area contributed by atoms with E-state index in [-0.39, 0.29) is 0 Å². The molecule has 2 aromatic heterocycles. The molecule has 0 amide bonds. The zero-order valence-electron chi connectivity index (χ0n) is 10.3. The molecule has 0 saturated heterocycles. The summed E-state index contributed by atoms with van der Waals surface area (Å²) >= 11 is 0. The molecule has 2 heterocycles. The average molecular weight is 250 g/mol. The Hall–Kier alpha value is -1.73. The summed E-state index contributed by atoms with van der Waals surface area (Å²) in [5.41, 5.74) is 1.44. The van der Waals surface area contributed by atoms with Gasteiger partial charge >= 0.3 is 0 Å². The molecule has 4 N–H and O–H groups in total. The Morgan fingerprint density at radius 2 is 2.22 bits per heavy atom. The minimum Gasteiger partial charge on any atom is -0.379 e. The maximum absolute atomic E-state index is 9.50. The van der Waals surface area contributed by atoms with Crippen molar-refractivity contribution in [2.75, 3.05) is 18.4 Å². The number of aromatic nitrogens is 4. The Bertz CT molecular complexity index is 485. The molecule has 0 bridgehead atoms. The van der Waals surface area contributed by atoms with Crippen LogP contribution in [0.15, 0.2) is 12.7 Å². The molecule has 7 heteroatoms. The normalized spacial score (nSPS) is 12.8. The summed E-state index contributed by atoms with van der Waals surface area (Å²) in [4.78, 5) is 15.3. The van der Waals surface area contributed by atoms with Crippen LogP contribution < -0.4 is 10.6 Å². The summed E-state index contributed by atoms with van der Waals surface area (Å²) in [5.74, 6) is 0.702. The fourth-order valence-electron chi connectivity index (χ4n) is 1.69. The molecular weight excluding hydrogens is 232 g/mol. The monoisotopic (exact) mass is 250 g/mol. The third-order valence-corrected chi connectivity index (χ3v) is 2.58. The first-order valence-corrected chi connectivity index (χ1v) is 6.10. The number of aliphatic hydroxyl groups excluding tert-OH is 1. The van der Waals surface area contributed by atoms with Gasteiger partial charge in [0, 0.05) is 13.1 Å². The number of rotatable bonds is 7. The van der Waals surface area contributed by atoms with E-state index < -0.39 is 6.23 Å². The third kappa shape index (κ3) is 3.14.